The third-order valence-corrected chi connectivity index (χ3v) is 2.97. The van der Waals surface area contributed by atoms with Crippen molar-refractivity contribution in [2.24, 2.45) is 0 Å². The first-order valence-electron chi connectivity index (χ1n) is 6.63. The second kappa shape index (κ2) is 6.09. The van der Waals surface area contributed by atoms with Crippen LogP contribution in [0.2, 0.25) is 0 Å². The first-order chi connectivity index (χ1) is 10.7. The molecule has 0 aliphatic rings. The lowest BCUT2D eigenvalue weighted by atomic mass is 10.1. The lowest BCUT2D eigenvalue weighted by molar-refractivity contribution is 0.215. The van der Waals surface area contributed by atoms with E-state index in [0.29, 0.717) is 22.8 Å². The lowest BCUT2D eigenvalue weighted by Gasteiger charge is -2.10. The molecule has 1 heterocycles. The number of rotatable bonds is 3. The summed E-state index contributed by atoms with van der Waals surface area (Å²) >= 11 is 0. The van der Waals surface area contributed by atoms with Crippen LogP contribution in [0.1, 0.15) is 5.56 Å². The minimum atomic E-state index is -0.582. The van der Waals surface area contributed by atoms with Gasteiger partial charge < -0.3 is 9.26 Å². The number of nitrogens with zero attached hydrogens (tertiary/aromatic N) is 2. The average Bonchev–Trinajstić information content (AvgIpc) is 3.02. The van der Waals surface area contributed by atoms with E-state index >= 15 is 0 Å². The van der Waals surface area contributed by atoms with E-state index in [9.17, 15) is 4.79 Å². The zero-order valence-electron chi connectivity index (χ0n) is 11.8. The van der Waals surface area contributed by atoms with Crippen LogP contribution < -0.4 is 10.1 Å². The molecule has 6 heteroatoms. The van der Waals surface area contributed by atoms with E-state index in [2.05, 4.69) is 15.5 Å². The minimum Gasteiger partial charge on any atom is -0.410 e. The second-order valence-electron chi connectivity index (χ2n) is 4.63. The molecule has 0 atom stereocenters. The van der Waals surface area contributed by atoms with Gasteiger partial charge in [-0.1, -0.05) is 29.4 Å². The van der Waals surface area contributed by atoms with Gasteiger partial charge in [-0.2, -0.15) is 4.98 Å². The third-order valence-electron chi connectivity index (χ3n) is 2.97. The summed E-state index contributed by atoms with van der Waals surface area (Å²) in [6, 6.07) is 14.4. The molecule has 0 bridgehead atoms. The molecule has 0 spiro atoms. The monoisotopic (exact) mass is 295 g/mol. The van der Waals surface area contributed by atoms with E-state index in [1.165, 1.54) is 6.39 Å². The van der Waals surface area contributed by atoms with Gasteiger partial charge in [-0.3, -0.25) is 5.32 Å². The Bertz CT molecular complexity index is 771. The summed E-state index contributed by atoms with van der Waals surface area (Å²) in [4.78, 5) is 16.0. The maximum absolute atomic E-state index is 12.0. The van der Waals surface area contributed by atoms with E-state index in [1.807, 2.05) is 31.2 Å². The van der Waals surface area contributed by atoms with Gasteiger partial charge in [0.25, 0.3) is 0 Å². The fourth-order valence-corrected chi connectivity index (χ4v) is 1.98. The van der Waals surface area contributed by atoms with Crippen molar-refractivity contribution in [2.45, 2.75) is 6.92 Å². The van der Waals surface area contributed by atoms with E-state index in [4.69, 9.17) is 9.26 Å². The summed E-state index contributed by atoms with van der Waals surface area (Å²) in [5, 5.41) is 6.50. The molecule has 1 amide bonds. The first-order valence-corrected chi connectivity index (χ1v) is 6.63. The Hall–Kier alpha value is -3.15. The van der Waals surface area contributed by atoms with Gasteiger partial charge in [-0.25, -0.2) is 4.79 Å². The maximum Gasteiger partial charge on any atom is 0.417 e. The predicted molar refractivity (Wildman–Crippen MR) is 80.6 cm³/mol. The lowest BCUT2D eigenvalue weighted by Crippen LogP contribution is -2.17. The molecule has 1 N–H and O–H groups in total. The largest absolute Gasteiger partial charge is 0.417 e. The van der Waals surface area contributed by atoms with Crippen molar-refractivity contribution < 1.29 is 14.1 Å². The van der Waals surface area contributed by atoms with Crippen LogP contribution in [0.25, 0.3) is 11.4 Å². The van der Waals surface area contributed by atoms with Crippen molar-refractivity contribution in [2.75, 3.05) is 5.32 Å². The molecule has 0 fully saturated rings. The number of amides is 1. The van der Waals surface area contributed by atoms with Crippen LogP contribution in [-0.2, 0) is 0 Å². The highest BCUT2D eigenvalue weighted by molar-refractivity contribution is 5.91. The molecule has 0 aliphatic heterocycles. The Kier molecular flexibility index (Phi) is 3.82. The Morgan fingerprint density at radius 3 is 2.73 bits per heavy atom. The van der Waals surface area contributed by atoms with E-state index in [1.54, 1.807) is 24.3 Å². The van der Waals surface area contributed by atoms with Gasteiger partial charge in [0.1, 0.15) is 5.75 Å². The molecule has 0 saturated carbocycles. The number of aromatic nitrogens is 2. The zero-order valence-corrected chi connectivity index (χ0v) is 11.8. The number of anilines is 1. The number of hydrogen-bond acceptors (Lipinski definition) is 5. The highest BCUT2D eigenvalue weighted by atomic mass is 16.6. The molecule has 0 radical (unpaired) electrons. The van der Waals surface area contributed by atoms with Crippen molar-refractivity contribution >= 4 is 11.8 Å². The number of hydrogen-bond donors (Lipinski definition) is 1. The van der Waals surface area contributed by atoms with Crippen molar-refractivity contribution in [1.82, 2.24) is 10.1 Å². The molecular weight excluding hydrogens is 282 g/mol. The van der Waals surface area contributed by atoms with Gasteiger partial charge in [0.15, 0.2) is 0 Å². The number of carbonyl (C=O) groups is 1. The van der Waals surface area contributed by atoms with Crippen molar-refractivity contribution in [3.05, 3.63) is 60.5 Å². The van der Waals surface area contributed by atoms with Crippen LogP contribution in [0.5, 0.6) is 5.75 Å². The minimum absolute atomic E-state index is 0.398. The zero-order chi connectivity index (χ0) is 15.4. The number of nitrogens with one attached hydrogen (secondary N) is 1. The quantitative estimate of drug-likeness (QED) is 0.798. The molecule has 110 valence electrons. The van der Waals surface area contributed by atoms with Crippen LogP contribution in [0.4, 0.5) is 10.5 Å². The molecule has 3 rings (SSSR count). The summed E-state index contributed by atoms with van der Waals surface area (Å²) in [7, 11) is 0. The van der Waals surface area contributed by atoms with Crippen molar-refractivity contribution in [3.63, 3.8) is 0 Å². The normalized spacial score (nSPS) is 10.2. The number of carbonyl (C=O) groups excluding carboxylic acids is 1. The van der Waals surface area contributed by atoms with Gasteiger partial charge in [0.05, 0.1) is 5.69 Å². The molecule has 0 unspecified atom stereocenters. The standard InChI is InChI=1S/C16H13N3O3/c1-11-7-8-13(15-17-10-21-19-15)14(9-11)18-16(20)22-12-5-3-2-4-6-12/h2-10H,1H3,(H,18,20). The van der Waals surface area contributed by atoms with E-state index in [0.717, 1.165) is 5.56 Å². The molecule has 0 aliphatic carbocycles. The van der Waals surface area contributed by atoms with Crippen LogP contribution in [0, 0.1) is 6.92 Å². The van der Waals surface area contributed by atoms with Crippen molar-refractivity contribution in [3.8, 4) is 17.1 Å². The van der Waals surface area contributed by atoms with E-state index < -0.39 is 6.09 Å². The van der Waals surface area contributed by atoms with Crippen LogP contribution in [0.15, 0.2) is 59.4 Å². The molecular formula is C16H13N3O3. The summed E-state index contributed by atoms with van der Waals surface area (Å²) in [6.07, 6.45) is 0.655. The topological polar surface area (TPSA) is 77.3 Å². The summed E-state index contributed by atoms with van der Waals surface area (Å²) in [5.41, 5.74) is 2.20. The number of aryl methyl sites for hydroxylation is 1. The number of para-hydroxylation sites is 1. The summed E-state index contributed by atoms with van der Waals surface area (Å²) in [5.74, 6) is 0.865. The maximum atomic E-state index is 12.0. The predicted octanol–water partition coefficient (Wildman–Crippen LogP) is 3.66. The Balaban J connectivity index is 1.82. The summed E-state index contributed by atoms with van der Waals surface area (Å²) in [6.45, 7) is 1.92. The van der Waals surface area contributed by atoms with Gasteiger partial charge in [0, 0.05) is 5.56 Å². The molecule has 2 aromatic carbocycles. The fourth-order valence-electron chi connectivity index (χ4n) is 1.98. The summed E-state index contributed by atoms with van der Waals surface area (Å²) < 4.78 is 9.97. The average molecular weight is 295 g/mol. The number of benzene rings is 2. The molecule has 3 aromatic rings. The Morgan fingerprint density at radius 2 is 2.00 bits per heavy atom. The number of ether oxygens (including phenoxy) is 1. The SMILES string of the molecule is Cc1ccc(-c2ncon2)c(NC(=O)Oc2ccccc2)c1. The highest BCUT2D eigenvalue weighted by Gasteiger charge is 2.13. The van der Waals surface area contributed by atoms with Crippen LogP contribution in [0.3, 0.4) is 0 Å². The molecule has 22 heavy (non-hydrogen) atoms. The van der Waals surface area contributed by atoms with Gasteiger partial charge in [0.2, 0.25) is 12.2 Å². The fraction of sp³-hybridized carbons (Fsp3) is 0.0625. The van der Waals surface area contributed by atoms with Gasteiger partial charge in [-0.05, 0) is 36.8 Å². The smallest absolute Gasteiger partial charge is 0.410 e. The van der Waals surface area contributed by atoms with Crippen molar-refractivity contribution in [1.29, 1.82) is 0 Å². The third kappa shape index (κ3) is 3.12. The first kappa shape index (κ1) is 13.8. The Morgan fingerprint density at radius 1 is 1.18 bits per heavy atom. The van der Waals surface area contributed by atoms with E-state index in [-0.39, 0.29) is 0 Å². The molecule has 6 nitrogen and oxygen atoms in total. The van der Waals surface area contributed by atoms with Crippen LogP contribution >= 0.6 is 0 Å². The van der Waals surface area contributed by atoms with Gasteiger partial charge in [-0.15, -0.1) is 0 Å². The Labute approximate surface area is 126 Å². The second-order valence-corrected chi connectivity index (χ2v) is 4.63. The molecule has 0 saturated heterocycles. The highest BCUT2D eigenvalue weighted by Crippen LogP contribution is 2.26. The van der Waals surface area contributed by atoms with Crippen LogP contribution in [-0.4, -0.2) is 16.2 Å². The van der Waals surface area contributed by atoms with Gasteiger partial charge >= 0.3 is 6.09 Å². The molecule has 1 aromatic heterocycles.